The maximum Gasteiger partial charge on any atom is 0.0245 e. The van der Waals surface area contributed by atoms with Crippen molar-refractivity contribution in [3.63, 3.8) is 0 Å². The van der Waals surface area contributed by atoms with Crippen molar-refractivity contribution in [2.45, 2.75) is 169 Å². The molecule has 1 fully saturated rings. The summed E-state index contributed by atoms with van der Waals surface area (Å²) in [7, 11) is 0. The number of hydrogen-bond donors (Lipinski definition) is 1. The van der Waals surface area contributed by atoms with Gasteiger partial charge in [-0.15, -0.1) is 0 Å². The van der Waals surface area contributed by atoms with Crippen molar-refractivity contribution in [3.8, 4) is 0 Å². The number of hydrogen-bond acceptors (Lipinski definition) is 1. The van der Waals surface area contributed by atoms with E-state index in [0.29, 0.717) is 5.41 Å². The molecule has 0 heterocycles. The van der Waals surface area contributed by atoms with Crippen LogP contribution in [0.15, 0.2) is 0 Å². The molecule has 0 aliphatic heterocycles. The van der Waals surface area contributed by atoms with Gasteiger partial charge in [0.15, 0.2) is 0 Å². The maximum absolute atomic E-state index is 7.92. The first-order chi connectivity index (χ1) is 15.0. The average molecular weight is 436 g/mol. The number of rotatable bonds is 18. The highest BCUT2D eigenvalue weighted by Crippen LogP contribution is 2.61. The van der Waals surface area contributed by atoms with Crippen molar-refractivity contribution >= 4 is 0 Å². The van der Waals surface area contributed by atoms with Gasteiger partial charge in [-0.2, -0.15) is 0 Å². The van der Waals surface area contributed by atoms with E-state index in [1.807, 2.05) is 0 Å². The lowest BCUT2D eigenvalue weighted by Crippen LogP contribution is -2.67. The first kappa shape index (κ1) is 29.0. The summed E-state index contributed by atoms with van der Waals surface area (Å²) >= 11 is 0. The highest BCUT2D eigenvalue weighted by atomic mass is 14.9. The summed E-state index contributed by atoms with van der Waals surface area (Å²) in [6, 6.07) is 0. The van der Waals surface area contributed by atoms with Crippen LogP contribution < -0.4 is 5.73 Å². The summed E-state index contributed by atoms with van der Waals surface area (Å²) < 4.78 is 0. The van der Waals surface area contributed by atoms with Crippen molar-refractivity contribution in [2.75, 3.05) is 0 Å². The van der Waals surface area contributed by atoms with Gasteiger partial charge in [0, 0.05) is 5.54 Å². The third-order valence-corrected chi connectivity index (χ3v) is 9.11. The summed E-state index contributed by atoms with van der Waals surface area (Å²) in [6.07, 6.45) is 25.9. The Balaban J connectivity index is 3.60. The van der Waals surface area contributed by atoms with Crippen molar-refractivity contribution < 1.29 is 0 Å². The summed E-state index contributed by atoms with van der Waals surface area (Å²) in [5.41, 5.74) is 8.34. The zero-order valence-electron chi connectivity index (χ0n) is 22.7. The molecule has 1 aliphatic carbocycles. The van der Waals surface area contributed by atoms with Crippen LogP contribution in [0.2, 0.25) is 0 Å². The first-order valence-electron chi connectivity index (χ1n) is 14.8. The third-order valence-electron chi connectivity index (χ3n) is 9.11. The summed E-state index contributed by atoms with van der Waals surface area (Å²) in [6.45, 7) is 14.4. The zero-order chi connectivity index (χ0) is 23.2. The second kappa shape index (κ2) is 15.7. The normalized spacial score (nSPS) is 27.2. The van der Waals surface area contributed by atoms with Gasteiger partial charge in [0.2, 0.25) is 0 Å². The fourth-order valence-corrected chi connectivity index (χ4v) is 7.76. The molecule has 1 aliphatic rings. The SMILES string of the molecule is CCCCC(CCC)C1(N)CCCCC1(C(CCC)CCCC)C(CCC)CCCC. The average Bonchev–Trinajstić information content (AvgIpc) is 2.77. The van der Waals surface area contributed by atoms with Crippen LogP contribution in [0.1, 0.15) is 164 Å². The zero-order valence-corrected chi connectivity index (χ0v) is 22.7. The topological polar surface area (TPSA) is 26.0 Å². The van der Waals surface area contributed by atoms with Crippen molar-refractivity contribution in [1.82, 2.24) is 0 Å². The molecule has 1 nitrogen and oxygen atoms in total. The van der Waals surface area contributed by atoms with E-state index in [9.17, 15) is 0 Å². The molecular formula is C30H61N. The third kappa shape index (κ3) is 7.22. The molecule has 0 aromatic carbocycles. The van der Waals surface area contributed by atoms with Crippen LogP contribution >= 0.6 is 0 Å². The molecule has 0 bridgehead atoms. The molecule has 0 spiro atoms. The van der Waals surface area contributed by atoms with Gasteiger partial charge in [-0.1, -0.05) is 125 Å². The Morgan fingerprint density at radius 1 is 0.516 bits per heavy atom. The lowest BCUT2D eigenvalue weighted by atomic mass is 9.44. The van der Waals surface area contributed by atoms with Crippen molar-refractivity contribution in [2.24, 2.45) is 28.9 Å². The molecule has 0 saturated heterocycles. The molecule has 0 radical (unpaired) electrons. The molecule has 0 aromatic heterocycles. The van der Waals surface area contributed by atoms with Crippen LogP contribution in [0, 0.1) is 23.2 Å². The monoisotopic (exact) mass is 435 g/mol. The molecule has 1 rings (SSSR count). The smallest absolute Gasteiger partial charge is 0.0245 e. The molecule has 31 heavy (non-hydrogen) atoms. The Bertz CT molecular complexity index is 412. The Kier molecular flexibility index (Phi) is 14.7. The van der Waals surface area contributed by atoms with Gasteiger partial charge in [0.25, 0.3) is 0 Å². The van der Waals surface area contributed by atoms with Gasteiger partial charge in [-0.3, -0.25) is 0 Å². The minimum Gasteiger partial charge on any atom is -0.324 e. The largest absolute Gasteiger partial charge is 0.324 e. The second-order valence-corrected chi connectivity index (χ2v) is 11.2. The van der Waals surface area contributed by atoms with Crippen LogP contribution in [0.4, 0.5) is 0 Å². The molecule has 0 amide bonds. The molecule has 1 heteroatoms. The number of nitrogens with two attached hydrogens (primary N) is 1. The van der Waals surface area contributed by atoms with Gasteiger partial charge in [0.1, 0.15) is 0 Å². The Labute approximate surface area is 198 Å². The van der Waals surface area contributed by atoms with E-state index in [1.54, 1.807) is 0 Å². The van der Waals surface area contributed by atoms with Crippen LogP contribution in [-0.2, 0) is 0 Å². The summed E-state index contributed by atoms with van der Waals surface area (Å²) in [4.78, 5) is 0. The predicted octanol–water partition coefficient (Wildman–Crippen LogP) is 10.1. The Morgan fingerprint density at radius 2 is 0.903 bits per heavy atom. The van der Waals surface area contributed by atoms with E-state index in [0.717, 1.165) is 17.8 Å². The van der Waals surface area contributed by atoms with Gasteiger partial charge in [0.05, 0.1) is 0 Å². The van der Waals surface area contributed by atoms with E-state index < -0.39 is 0 Å². The maximum atomic E-state index is 7.92. The Hall–Kier alpha value is -0.0400. The number of unbranched alkanes of at least 4 members (excludes halogenated alkanes) is 3. The minimum atomic E-state index is 0.0532. The van der Waals surface area contributed by atoms with Gasteiger partial charge >= 0.3 is 0 Å². The molecule has 4 atom stereocenters. The Morgan fingerprint density at radius 3 is 1.32 bits per heavy atom. The van der Waals surface area contributed by atoms with Crippen LogP contribution in [0.3, 0.4) is 0 Å². The molecule has 2 N–H and O–H groups in total. The molecule has 0 aromatic rings. The van der Waals surface area contributed by atoms with Crippen molar-refractivity contribution in [3.05, 3.63) is 0 Å². The van der Waals surface area contributed by atoms with Gasteiger partial charge in [-0.05, 0) is 61.7 Å². The predicted molar refractivity (Wildman–Crippen MR) is 142 cm³/mol. The quantitative estimate of drug-likeness (QED) is 0.227. The minimum absolute atomic E-state index is 0.0532. The highest BCUT2D eigenvalue weighted by Gasteiger charge is 2.59. The molecule has 186 valence electrons. The van der Waals surface area contributed by atoms with Crippen LogP contribution in [0.25, 0.3) is 0 Å². The van der Waals surface area contributed by atoms with E-state index in [1.165, 1.54) is 122 Å². The first-order valence-corrected chi connectivity index (χ1v) is 14.8. The summed E-state index contributed by atoms with van der Waals surface area (Å²) in [5.74, 6) is 2.38. The van der Waals surface area contributed by atoms with Crippen molar-refractivity contribution in [1.29, 1.82) is 0 Å². The van der Waals surface area contributed by atoms with E-state index in [4.69, 9.17) is 5.73 Å². The fraction of sp³-hybridized carbons (Fsp3) is 1.00. The summed E-state index contributed by atoms with van der Waals surface area (Å²) in [5, 5.41) is 0. The van der Waals surface area contributed by atoms with E-state index >= 15 is 0 Å². The molecule has 4 unspecified atom stereocenters. The van der Waals surface area contributed by atoms with E-state index in [-0.39, 0.29) is 5.54 Å². The van der Waals surface area contributed by atoms with Gasteiger partial charge < -0.3 is 5.73 Å². The highest BCUT2D eigenvalue weighted by molar-refractivity contribution is 5.13. The second-order valence-electron chi connectivity index (χ2n) is 11.2. The van der Waals surface area contributed by atoms with Crippen LogP contribution in [0.5, 0.6) is 0 Å². The lowest BCUT2D eigenvalue weighted by Gasteiger charge is -2.63. The molecular weight excluding hydrogens is 374 g/mol. The fourth-order valence-electron chi connectivity index (χ4n) is 7.76. The lowest BCUT2D eigenvalue weighted by molar-refractivity contribution is -0.0991. The van der Waals surface area contributed by atoms with Crippen LogP contribution in [-0.4, -0.2) is 5.54 Å². The molecule has 1 saturated carbocycles. The standard InChI is InChI=1S/C30H61N/c1-7-13-21-26(18-10-4)29(27(19-11-5)22-14-8-2)24-16-17-25-30(29,31)28(20-12-6)23-15-9-3/h26-28H,7-25,31H2,1-6H3. The van der Waals surface area contributed by atoms with Gasteiger partial charge in [-0.25, -0.2) is 0 Å². The van der Waals surface area contributed by atoms with E-state index in [2.05, 4.69) is 41.5 Å².